The van der Waals surface area contributed by atoms with E-state index in [-0.39, 0.29) is 31.1 Å². The highest BCUT2D eigenvalue weighted by Crippen LogP contribution is 2.14. The Kier molecular flexibility index (Phi) is 59.9. The smallest absolute Gasteiger partial charge is 0.306 e. The van der Waals surface area contributed by atoms with Crippen LogP contribution in [0.2, 0.25) is 0 Å². The number of ether oxygens (including phenoxy) is 3. The Hall–Kier alpha value is -4.71. The number of unbranched alkanes of at least 4 members (excludes halogenated alkanes) is 20. The second-order valence-corrected chi connectivity index (χ2v) is 20.2. The largest absolute Gasteiger partial charge is 0.462 e. The monoisotopic (exact) mass is 1060 g/mol. The van der Waals surface area contributed by atoms with Crippen molar-refractivity contribution >= 4 is 17.9 Å². The maximum Gasteiger partial charge on any atom is 0.306 e. The van der Waals surface area contributed by atoms with E-state index < -0.39 is 6.10 Å². The zero-order valence-corrected chi connectivity index (χ0v) is 49.7. The van der Waals surface area contributed by atoms with Gasteiger partial charge < -0.3 is 14.2 Å². The Balaban J connectivity index is 4.53. The summed E-state index contributed by atoms with van der Waals surface area (Å²) in [5.41, 5.74) is 0. The van der Waals surface area contributed by atoms with Gasteiger partial charge in [-0.05, 0) is 141 Å². The van der Waals surface area contributed by atoms with E-state index in [0.29, 0.717) is 25.7 Å². The molecule has 77 heavy (non-hydrogen) atoms. The molecule has 0 bridgehead atoms. The first kappa shape index (κ1) is 72.3. The van der Waals surface area contributed by atoms with Crippen LogP contribution in [0.3, 0.4) is 0 Å². The third-order valence-corrected chi connectivity index (χ3v) is 12.8. The van der Waals surface area contributed by atoms with Crippen molar-refractivity contribution in [2.45, 2.75) is 271 Å². The average molecular weight is 1060 g/mol. The molecule has 0 spiro atoms. The minimum absolute atomic E-state index is 0.112. The Morgan fingerprint density at radius 2 is 0.506 bits per heavy atom. The predicted octanol–water partition coefficient (Wildman–Crippen LogP) is 21.5. The van der Waals surface area contributed by atoms with Crippen molar-refractivity contribution in [2.75, 3.05) is 13.2 Å². The molecule has 1 atom stereocenters. The molecule has 0 saturated heterocycles. The van der Waals surface area contributed by atoms with Crippen LogP contribution < -0.4 is 0 Å². The molecule has 6 nitrogen and oxygen atoms in total. The molecule has 0 aromatic carbocycles. The molecule has 0 aliphatic heterocycles. The molecule has 0 N–H and O–H groups in total. The molecule has 0 radical (unpaired) electrons. The molecule has 434 valence electrons. The van der Waals surface area contributed by atoms with Gasteiger partial charge in [0.2, 0.25) is 0 Å². The van der Waals surface area contributed by atoms with Gasteiger partial charge in [-0.3, -0.25) is 14.4 Å². The summed E-state index contributed by atoms with van der Waals surface area (Å²) < 4.78 is 16.9. The summed E-state index contributed by atoms with van der Waals surface area (Å²) >= 11 is 0. The van der Waals surface area contributed by atoms with E-state index in [0.717, 1.165) is 135 Å². The van der Waals surface area contributed by atoms with Gasteiger partial charge in [0.15, 0.2) is 6.10 Å². The number of carbonyl (C=O) groups is 3. The van der Waals surface area contributed by atoms with Crippen LogP contribution in [0.15, 0.2) is 146 Å². The third kappa shape index (κ3) is 62.0. The number of esters is 3. The second kappa shape index (κ2) is 63.8. The molecule has 1 unspecified atom stereocenters. The maximum absolute atomic E-state index is 12.9. The van der Waals surface area contributed by atoms with Crippen LogP contribution in [0.5, 0.6) is 0 Å². The van der Waals surface area contributed by atoms with Crippen molar-refractivity contribution in [3.05, 3.63) is 146 Å². The minimum atomic E-state index is -0.817. The Morgan fingerprint density at radius 1 is 0.273 bits per heavy atom. The van der Waals surface area contributed by atoms with E-state index in [9.17, 15) is 14.4 Å². The second-order valence-electron chi connectivity index (χ2n) is 20.2. The molecule has 0 saturated carbocycles. The summed E-state index contributed by atoms with van der Waals surface area (Å²) in [7, 11) is 0. The first-order valence-corrected chi connectivity index (χ1v) is 31.3. The SMILES string of the molecule is CC/C=C\C/C=C\C/C=C\C/C=C\C/C=C\C/C=C\CCCCC(=O)OCC(COC(=O)CCCCCC/C=C\C/C=C\C/C=C\C/C=C\CC)OC(=O)CCCCCCCCCCC/C=C\C/C=C\CCCCCCC. The van der Waals surface area contributed by atoms with Gasteiger partial charge in [0.1, 0.15) is 13.2 Å². The van der Waals surface area contributed by atoms with E-state index >= 15 is 0 Å². The van der Waals surface area contributed by atoms with Gasteiger partial charge in [-0.25, -0.2) is 0 Å². The highest BCUT2D eigenvalue weighted by Gasteiger charge is 2.19. The van der Waals surface area contributed by atoms with E-state index in [2.05, 4.69) is 167 Å². The first-order valence-electron chi connectivity index (χ1n) is 31.3. The molecule has 0 fully saturated rings. The van der Waals surface area contributed by atoms with E-state index in [1.54, 1.807) is 0 Å². The van der Waals surface area contributed by atoms with Crippen LogP contribution in [-0.2, 0) is 28.6 Å². The van der Waals surface area contributed by atoms with E-state index in [1.165, 1.54) is 83.5 Å². The molecule has 0 heterocycles. The third-order valence-electron chi connectivity index (χ3n) is 12.8. The van der Waals surface area contributed by atoms with Crippen molar-refractivity contribution in [3.63, 3.8) is 0 Å². The van der Waals surface area contributed by atoms with Crippen LogP contribution in [0.4, 0.5) is 0 Å². The van der Waals surface area contributed by atoms with E-state index in [1.807, 2.05) is 0 Å². The molecule has 0 aliphatic carbocycles. The molecule has 6 heteroatoms. The van der Waals surface area contributed by atoms with Gasteiger partial charge >= 0.3 is 17.9 Å². The minimum Gasteiger partial charge on any atom is -0.462 e. The highest BCUT2D eigenvalue weighted by molar-refractivity contribution is 5.71. The number of rotatable bonds is 55. The lowest BCUT2D eigenvalue weighted by atomic mass is 10.1. The van der Waals surface area contributed by atoms with Gasteiger partial charge in [0, 0.05) is 19.3 Å². The lowest BCUT2D eigenvalue weighted by Gasteiger charge is -2.18. The lowest BCUT2D eigenvalue weighted by molar-refractivity contribution is -0.167. The quantitative estimate of drug-likeness (QED) is 0.0261. The standard InChI is InChI=1S/C71H114O6/c1-4-7-10-13-16-19-22-25-28-31-33-35-37-40-43-46-49-52-55-58-61-64-70(73)76-67-68(66-75-69(72)63-60-57-54-51-48-45-42-39-30-27-24-21-18-15-12-9-6-3)77-71(74)65-62-59-56-53-50-47-44-41-38-36-34-32-29-26-23-20-17-14-11-8-5-2/h7,9-10,12,16,18-19,21,23,25-28,30,32-35,40,42-43,45,49,52,68H,4-6,8,11,13-15,17,20,22,24,29,31,36-39,41,44,46-48,50-51,53-67H2,1-3H3/b10-7-,12-9-,19-16-,21-18-,26-23-,28-25-,30-27-,34-32-,35-33-,43-40-,45-42-,52-49-. The maximum atomic E-state index is 12.9. The number of allylic oxidation sites excluding steroid dienone is 24. The molecule has 0 amide bonds. The first-order chi connectivity index (χ1) is 38.0. The van der Waals surface area contributed by atoms with Gasteiger partial charge in [0.25, 0.3) is 0 Å². The number of hydrogen-bond acceptors (Lipinski definition) is 6. The van der Waals surface area contributed by atoms with Crippen LogP contribution >= 0.6 is 0 Å². The highest BCUT2D eigenvalue weighted by atomic mass is 16.6. The molecular formula is C71H114O6. The summed E-state index contributed by atoms with van der Waals surface area (Å²) in [5, 5.41) is 0. The number of carbonyl (C=O) groups excluding carboxylic acids is 3. The summed E-state index contributed by atoms with van der Waals surface area (Å²) in [4.78, 5) is 38.3. The van der Waals surface area contributed by atoms with Gasteiger partial charge in [0.05, 0.1) is 0 Å². The van der Waals surface area contributed by atoms with Crippen molar-refractivity contribution in [1.29, 1.82) is 0 Å². The van der Waals surface area contributed by atoms with Crippen LogP contribution in [0.1, 0.15) is 265 Å². The Morgan fingerprint density at radius 3 is 0.818 bits per heavy atom. The normalized spacial score (nSPS) is 13.1. The van der Waals surface area contributed by atoms with Crippen molar-refractivity contribution in [2.24, 2.45) is 0 Å². The van der Waals surface area contributed by atoms with Crippen LogP contribution in [0.25, 0.3) is 0 Å². The summed E-state index contributed by atoms with van der Waals surface area (Å²) in [5.74, 6) is -0.983. The molecule has 0 aliphatic rings. The predicted molar refractivity (Wildman–Crippen MR) is 334 cm³/mol. The molecule has 0 aromatic rings. The zero-order chi connectivity index (χ0) is 55.7. The lowest BCUT2D eigenvalue weighted by Crippen LogP contribution is -2.30. The molecule has 0 rings (SSSR count). The Bertz CT molecular complexity index is 1700. The summed E-state index contributed by atoms with van der Waals surface area (Å²) in [6, 6.07) is 0. The van der Waals surface area contributed by atoms with Gasteiger partial charge in [-0.1, -0.05) is 250 Å². The fourth-order valence-electron chi connectivity index (χ4n) is 8.17. The van der Waals surface area contributed by atoms with Gasteiger partial charge in [-0.2, -0.15) is 0 Å². The average Bonchev–Trinajstić information content (AvgIpc) is 3.43. The Labute approximate surface area is 474 Å². The number of hydrogen-bond donors (Lipinski definition) is 0. The van der Waals surface area contributed by atoms with Crippen molar-refractivity contribution < 1.29 is 28.6 Å². The van der Waals surface area contributed by atoms with Crippen LogP contribution in [-0.4, -0.2) is 37.2 Å². The fraction of sp³-hybridized carbons (Fsp3) is 0.620. The summed E-state index contributed by atoms with van der Waals surface area (Å²) in [6.45, 7) is 6.34. The van der Waals surface area contributed by atoms with Crippen molar-refractivity contribution in [1.82, 2.24) is 0 Å². The van der Waals surface area contributed by atoms with Crippen LogP contribution in [0, 0.1) is 0 Å². The zero-order valence-electron chi connectivity index (χ0n) is 49.7. The molecule has 0 aromatic heterocycles. The topological polar surface area (TPSA) is 78.9 Å². The molecular weight excluding hydrogens is 949 g/mol. The fourth-order valence-corrected chi connectivity index (χ4v) is 8.17. The summed E-state index contributed by atoms with van der Waals surface area (Å²) in [6.07, 6.45) is 91.3. The van der Waals surface area contributed by atoms with Crippen molar-refractivity contribution in [3.8, 4) is 0 Å². The van der Waals surface area contributed by atoms with Gasteiger partial charge in [-0.15, -0.1) is 0 Å². The van der Waals surface area contributed by atoms with E-state index in [4.69, 9.17) is 14.2 Å².